The highest BCUT2D eigenvalue weighted by Crippen LogP contribution is 2.20. The van der Waals surface area contributed by atoms with Crippen LogP contribution in [0.5, 0.6) is 0 Å². The van der Waals surface area contributed by atoms with Gasteiger partial charge < -0.3 is 10.2 Å². The minimum Gasteiger partial charge on any atom is -0.373 e. The number of amides is 1. The molecule has 0 bridgehead atoms. The van der Waals surface area contributed by atoms with Gasteiger partial charge in [0.2, 0.25) is 9.84 Å². The molecule has 0 aliphatic rings. The minimum atomic E-state index is -4.82. The van der Waals surface area contributed by atoms with Crippen molar-refractivity contribution in [2.45, 2.75) is 17.2 Å². The maximum atomic E-state index is 12.8. The Morgan fingerprint density at radius 3 is 2.64 bits per heavy atom. The van der Waals surface area contributed by atoms with E-state index in [1.165, 1.54) is 16.7 Å². The van der Waals surface area contributed by atoms with E-state index < -0.39 is 26.4 Å². The van der Waals surface area contributed by atoms with Crippen LogP contribution in [0.15, 0.2) is 76.7 Å². The van der Waals surface area contributed by atoms with Gasteiger partial charge >= 0.3 is 5.76 Å². The normalized spacial score (nSPS) is 11.6. The first-order valence-electron chi connectivity index (χ1n) is 10.6. The van der Waals surface area contributed by atoms with E-state index in [2.05, 4.69) is 15.3 Å². The van der Waals surface area contributed by atoms with Gasteiger partial charge in [-0.25, -0.2) is 13.4 Å². The lowest BCUT2D eigenvalue weighted by molar-refractivity contribution is 0.0950. The Morgan fingerprint density at radius 1 is 1.14 bits per heavy atom. The number of nitrogens with zero attached hydrogens (tertiary/aromatic N) is 4. The largest absolute Gasteiger partial charge is 0.373 e. The molecule has 188 valence electrons. The monoisotopic (exact) mass is 515 g/mol. The zero-order chi connectivity index (χ0) is 26.0. The molecule has 4 aromatic rings. The van der Waals surface area contributed by atoms with Crippen LogP contribution in [0.4, 0.5) is 14.5 Å². The second-order valence-corrected chi connectivity index (χ2v) is 9.93. The summed E-state index contributed by atoms with van der Waals surface area (Å²) in [5.74, 6) is -3.83. The van der Waals surface area contributed by atoms with Crippen LogP contribution in [0.1, 0.15) is 17.5 Å². The van der Waals surface area contributed by atoms with Crippen molar-refractivity contribution >= 4 is 32.3 Å². The number of hydrogen-bond acceptors (Lipinski definition) is 7. The third-order valence-corrected chi connectivity index (χ3v) is 6.74. The zero-order valence-corrected chi connectivity index (χ0v) is 20.0. The van der Waals surface area contributed by atoms with Crippen molar-refractivity contribution in [2.75, 3.05) is 19.0 Å². The molecule has 0 radical (unpaired) electrons. The summed E-state index contributed by atoms with van der Waals surface area (Å²) in [6.07, 6.45) is 3.19. The number of aromatic nitrogens is 3. The number of halogens is 2. The number of alkyl halides is 2. The smallest absolute Gasteiger partial charge is 0.341 e. The molecule has 36 heavy (non-hydrogen) atoms. The average Bonchev–Trinajstić information content (AvgIpc) is 2.86. The highest BCUT2D eigenvalue weighted by atomic mass is 32.2. The van der Waals surface area contributed by atoms with Crippen LogP contribution in [0.3, 0.4) is 0 Å². The van der Waals surface area contributed by atoms with Crippen LogP contribution < -0.4 is 15.8 Å². The number of nitrogens with one attached hydrogen (secondary N) is 1. The van der Waals surface area contributed by atoms with Gasteiger partial charge in [0.25, 0.3) is 11.5 Å². The number of fused-ring (bicyclic) bond motifs is 1. The van der Waals surface area contributed by atoms with Gasteiger partial charge in [-0.15, -0.1) is 0 Å². The van der Waals surface area contributed by atoms with Gasteiger partial charge in [-0.05, 0) is 48.5 Å². The van der Waals surface area contributed by atoms with Crippen LogP contribution in [0.25, 0.3) is 16.7 Å². The van der Waals surface area contributed by atoms with Gasteiger partial charge in [-0.1, -0.05) is 6.07 Å². The summed E-state index contributed by atoms with van der Waals surface area (Å²) in [4.78, 5) is 35.2. The fourth-order valence-electron chi connectivity index (χ4n) is 3.47. The lowest BCUT2D eigenvalue weighted by atomic mass is 10.2. The molecule has 3 heterocycles. The molecule has 0 spiro atoms. The van der Waals surface area contributed by atoms with Crippen molar-refractivity contribution in [1.29, 1.82) is 0 Å². The Kier molecular flexibility index (Phi) is 6.80. The number of carbonyl (C=O) groups excluding carboxylic acids is 1. The number of anilines is 1. The summed E-state index contributed by atoms with van der Waals surface area (Å²) in [6, 6.07) is 13.0. The number of sulfone groups is 1. The van der Waals surface area contributed by atoms with Crippen LogP contribution in [0.2, 0.25) is 0 Å². The Bertz CT molecular complexity index is 1630. The summed E-state index contributed by atoms with van der Waals surface area (Å²) in [6.45, 7) is -0.0252. The topological polar surface area (TPSA) is 114 Å². The Balaban J connectivity index is 0.00000380. The number of hydrogen-bond donors (Lipinski definition) is 1. The van der Waals surface area contributed by atoms with Crippen molar-refractivity contribution in [1.82, 2.24) is 19.9 Å². The summed E-state index contributed by atoms with van der Waals surface area (Å²) in [7, 11) is -1.28. The first-order valence-corrected chi connectivity index (χ1v) is 12.2. The lowest BCUT2D eigenvalue weighted by Gasteiger charge is -2.14. The van der Waals surface area contributed by atoms with E-state index in [-0.39, 0.29) is 19.1 Å². The standard InChI is InChI=1S/C24H21F2N5O4S.H2/c1-30(2)20-7-4-10-31(23(20)33)21-9-8-16-13-27-17(12-19(16)29-21)14-28-22(32)15-5-3-6-18(11-15)36(34,35)24(25)26;/h3-13,24H,14H2,1-2H3,(H,28,32);1H. The Labute approximate surface area is 206 Å². The van der Waals surface area contributed by atoms with Crippen LogP contribution in [-0.4, -0.2) is 48.7 Å². The highest BCUT2D eigenvalue weighted by Gasteiger charge is 2.27. The lowest BCUT2D eigenvalue weighted by Crippen LogP contribution is -2.26. The molecule has 0 aliphatic heterocycles. The van der Waals surface area contributed by atoms with E-state index in [9.17, 15) is 26.8 Å². The quantitative estimate of drug-likeness (QED) is 0.402. The maximum absolute atomic E-state index is 12.8. The van der Waals surface area contributed by atoms with Crippen molar-refractivity contribution in [3.63, 3.8) is 0 Å². The fourth-order valence-corrected chi connectivity index (χ4v) is 4.24. The van der Waals surface area contributed by atoms with Crippen LogP contribution in [-0.2, 0) is 16.4 Å². The van der Waals surface area contributed by atoms with Crippen molar-refractivity contribution < 1.29 is 23.4 Å². The third-order valence-electron chi connectivity index (χ3n) is 5.36. The fraction of sp³-hybridized carbons (Fsp3) is 0.167. The Morgan fingerprint density at radius 2 is 1.92 bits per heavy atom. The molecule has 1 N–H and O–H groups in total. The average molecular weight is 516 g/mol. The first kappa shape index (κ1) is 24.9. The Hall–Kier alpha value is -4.19. The molecule has 0 aliphatic carbocycles. The molecule has 3 aromatic heterocycles. The predicted octanol–water partition coefficient (Wildman–Crippen LogP) is 3.02. The van der Waals surface area contributed by atoms with E-state index in [0.29, 0.717) is 22.7 Å². The van der Waals surface area contributed by atoms with E-state index in [1.807, 2.05) is 0 Å². The second kappa shape index (κ2) is 9.82. The van der Waals surface area contributed by atoms with Crippen molar-refractivity contribution in [3.8, 4) is 5.82 Å². The van der Waals surface area contributed by atoms with Crippen molar-refractivity contribution in [3.05, 3.63) is 88.6 Å². The number of pyridine rings is 3. The summed E-state index contributed by atoms with van der Waals surface area (Å²) in [5, 5.41) is 3.31. The van der Waals surface area contributed by atoms with Crippen LogP contribution >= 0.6 is 0 Å². The maximum Gasteiger partial charge on any atom is 0.341 e. The third kappa shape index (κ3) is 4.93. The van der Waals surface area contributed by atoms with E-state index in [4.69, 9.17) is 0 Å². The molecule has 0 fully saturated rings. The van der Waals surface area contributed by atoms with E-state index >= 15 is 0 Å². The summed E-state index contributed by atoms with van der Waals surface area (Å²) in [5.41, 5.74) is 1.18. The molecule has 1 amide bonds. The zero-order valence-electron chi connectivity index (χ0n) is 19.2. The molecule has 4 rings (SSSR count). The number of benzene rings is 1. The summed E-state index contributed by atoms with van der Waals surface area (Å²) >= 11 is 0. The van der Waals surface area contributed by atoms with Crippen LogP contribution in [0, 0.1) is 0 Å². The molecule has 1 aromatic carbocycles. The minimum absolute atomic E-state index is 0. The van der Waals surface area contributed by atoms with Gasteiger partial charge in [-0.2, -0.15) is 8.78 Å². The second-order valence-electron chi connectivity index (χ2n) is 8.02. The van der Waals surface area contributed by atoms with Gasteiger partial charge in [0.05, 0.1) is 22.7 Å². The molecule has 0 saturated carbocycles. The molecule has 9 nitrogen and oxygen atoms in total. The van der Waals surface area contributed by atoms with Gasteiger partial charge in [0, 0.05) is 38.9 Å². The molecule has 0 atom stereocenters. The number of rotatable bonds is 7. The van der Waals surface area contributed by atoms with Gasteiger partial charge in [0.15, 0.2) is 0 Å². The first-order chi connectivity index (χ1) is 17.1. The highest BCUT2D eigenvalue weighted by molar-refractivity contribution is 7.91. The predicted molar refractivity (Wildman–Crippen MR) is 132 cm³/mol. The molecule has 12 heteroatoms. The van der Waals surface area contributed by atoms with E-state index in [1.54, 1.807) is 61.7 Å². The molecule has 0 unspecified atom stereocenters. The SMILES string of the molecule is CN(C)c1cccn(-c2ccc3cnc(CNC(=O)c4cccc(S(=O)(=O)C(F)F)c4)cc3n2)c1=O.[HH]. The van der Waals surface area contributed by atoms with Crippen molar-refractivity contribution in [2.24, 2.45) is 0 Å². The van der Waals surface area contributed by atoms with E-state index in [0.717, 1.165) is 17.5 Å². The number of carbonyl (C=O) groups is 1. The molecular formula is C24H23F2N5O4S. The molecule has 0 saturated heterocycles. The molecular weight excluding hydrogens is 492 g/mol. The summed E-state index contributed by atoms with van der Waals surface area (Å²) < 4.78 is 50.4. The van der Waals surface area contributed by atoms with Gasteiger partial charge in [0.1, 0.15) is 11.5 Å². The van der Waals surface area contributed by atoms with Gasteiger partial charge in [-0.3, -0.25) is 19.1 Å².